The van der Waals surface area contributed by atoms with E-state index in [1.165, 1.54) is 11.8 Å². The van der Waals surface area contributed by atoms with Crippen LogP contribution in [0.15, 0.2) is 46.9 Å². The van der Waals surface area contributed by atoms with E-state index >= 15 is 0 Å². The molecule has 1 aromatic heterocycles. The number of nitrogens with one attached hydrogen (secondary N) is 2. The first kappa shape index (κ1) is 18.3. The summed E-state index contributed by atoms with van der Waals surface area (Å²) in [7, 11) is 0. The highest BCUT2D eigenvalue weighted by Gasteiger charge is 2.30. The Morgan fingerprint density at radius 2 is 2.12 bits per heavy atom. The van der Waals surface area contributed by atoms with E-state index < -0.39 is 0 Å². The van der Waals surface area contributed by atoms with E-state index in [1.807, 2.05) is 31.2 Å². The fraction of sp³-hybridized carbons (Fsp3) is 0.316. The maximum atomic E-state index is 12.6. The monoisotopic (exact) mass is 371 g/mol. The first-order valence-corrected chi connectivity index (χ1v) is 9.51. The van der Waals surface area contributed by atoms with Crippen molar-refractivity contribution in [3.05, 3.63) is 58.4 Å². The molecular weight excluding hydrogens is 350 g/mol. The van der Waals surface area contributed by atoms with Gasteiger partial charge in [0.15, 0.2) is 5.16 Å². The number of nitrogens with zero attached hydrogens (tertiary/aromatic N) is 1. The van der Waals surface area contributed by atoms with Gasteiger partial charge in [0.05, 0.1) is 12.2 Å². The van der Waals surface area contributed by atoms with Gasteiger partial charge in [-0.15, -0.1) is 6.58 Å². The summed E-state index contributed by atoms with van der Waals surface area (Å²) in [6.07, 6.45) is 2.88. The minimum atomic E-state index is -0.325. The van der Waals surface area contributed by atoms with Crippen LogP contribution >= 0.6 is 11.8 Å². The lowest BCUT2D eigenvalue weighted by molar-refractivity contribution is -0.116. The molecule has 2 aromatic rings. The van der Waals surface area contributed by atoms with Crippen LogP contribution in [0.2, 0.25) is 0 Å². The molecule has 0 aliphatic carbocycles. The lowest BCUT2D eigenvalue weighted by Gasteiger charge is -2.24. The SMILES string of the molecule is C=CCSc1nc2c(c(=O)[nH]1)C(c1ccc(OCCC)cc1)CC(=O)N2. The molecule has 0 saturated carbocycles. The van der Waals surface area contributed by atoms with Gasteiger partial charge in [0.2, 0.25) is 5.91 Å². The summed E-state index contributed by atoms with van der Waals surface area (Å²) >= 11 is 1.36. The summed E-state index contributed by atoms with van der Waals surface area (Å²) in [5, 5.41) is 3.19. The summed E-state index contributed by atoms with van der Waals surface area (Å²) < 4.78 is 5.59. The molecule has 26 heavy (non-hydrogen) atoms. The van der Waals surface area contributed by atoms with E-state index in [1.54, 1.807) is 6.08 Å². The predicted molar refractivity (Wildman–Crippen MR) is 103 cm³/mol. The molecule has 2 heterocycles. The Bertz CT molecular complexity index is 861. The Kier molecular flexibility index (Phi) is 5.78. The molecular formula is C19H21N3O3S. The molecule has 7 heteroatoms. The molecule has 1 amide bonds. The van der Waals surface area contributed by atoms with E-state index in [0.717, 1.165) is 17.7 Å². The van der Waals surface area contributed by atoms with E-state index in [4.69, 9.17) is 4.74 Å². The lowest BCUT2D eigenvalue weighted by atomic mass is 9.87. The van der Waals surface area contributed by atoms with Crippen LogP contribution in [0, 0.1) is 0 Å². The number of aromatic nitrogens is 2. The number of carbonyl (C=O) groups excluding carboxylic acids is 1. The van der Waals surface area contributed by atoms with Gasteiger partial charge in [0, 0.05) is 18.1 Å². The molecule has 0 bridgehead atoms. The van der Waals surface area contributed by atoms with Gasteiger partial charge >= 0.3 is 0 Å². The Hall–Kier alpha value is -2.54. The van der Waals surface area contributed by atoms with Crippen molar-refractivity contribution in [1.82, 2.24) is 9.97 Å². The highest BCUT2D eigenvalue weighted by molar-refractivity contribution is 7.99. The fourth-order valence-electron chi connectivity index (χ4n) is 2.86. The van der Waals surface area contributed by atoms with Crippen molar-refractivity contribution < 1.29 is 9.53 Å². The van der Waals surface area contributed by atoms with Crippen LogP contribution in [0.5, 0.6) is 5.75 Å². The number of carbonyl (C=O) groups is 1. The summed E-state index contributed by atoms with van der Waals surface area (Å²) in [4.78, 5) is 32.0. The molecule has 0 spiro atoms. The second-order valence-corrected chi connectivity index (χ2v) is 6.96. The molecule has 1 aliphatic rings. The third-order valence-corrected chi connectivity index (χ3v) is 4.89. The minimum Gasteiger partial charge on any atom is -0.494 e. The molecule has 3 rings (SSSR count). The number of aromatic amines is 1. The molecule has 6 nitrogen and oxygen atoms in total. The predicted octanol–water partition coefficient (Wildman–Crippen LogP) is 3.31. The highest BCUT2D eigenvalue weighted by Crippen LogP contribution is 2.35. The van der Waals surface area contributed by atoms with Crippen LogP contribution in [-0.4, -0.2) is 28.2 Å². The first-order chi connectivity index (χ1) is 12.6. The normalized spacial score (nSPS) is 15.9. The Morgan fingerprint density at radius 3 is 2.81 bits per heavy atom. The summed E-state index contributed by atoms with van der Waals surface area (Å²) in [6, 6.07) is 7.54. The van der Waals surface area contributed by atoms with Crippen LogP contribution in [0.4, 0.5) is 5.82 Å². The molecule has 2 N–H and O–H groups in total. The number of amides is 1. The van der Waals surface area contributed by atoms with Crippen molar-refractivity contribution in [2.24, 2.45) is 0 Å². The molecule has 0 saturated heterocycles. The van der Waals surface area contributed by atoms with Crippen LogP contribution < -0.4 is 15.6 Å². The number of ether oxygens (including phenoxy) is 1. The fourth-order valence-corrected chi connectivity index (χ4v) is 3.45. The smallest absolute Gasteiger partial charge is 0.257 e. The molecule has 0 fully saturated rings. The summed E-state index contributed by atoms with van der Waals surface area (Å²) in [5.41, 5.74) is 1.16. The van der Waals surface area contributed by atoms with Crippen LogP contribution in [0.25, 0.3) is 0 Å². The summed E-state index contributed by atoms with van der Waals surface area (Å²) in [5.74, 6) is 1.27. The molecule has 0 radical (unpaired) electrons. The molecule has 136 valence electrons. The largest absolute Gasteiger partial charge is 0.494 e. The third-order valence-electron chi connectivity index (χ3n) is 4.02. The number of hydrogen-bond acceptors (Lipinski definition) is 5. The Labute approximate surface area is 156 Å². The lowest BCUT2D eigenvalue weighted by Crippen LogP contribution is -2.31. The van der Waals surface area contributed by atoms with Gasteiger partial charge in [0.1, 0.15) is 11.6 Å². The number of thioether (sulfide) groups is 1. The maximum absolute atomic E-state index is 12.6. The van der Waals surface area contributed by atoms with Crippen molar-refractivity contribution in [2.45, 2.75) is 30.8 Å². The van der Waals surface area contributed by atoms with Crippen molar-refractivity contribution in [3.63, 3.8) is 0 Å². The quantitative estimate of drug-likeness (QED) is 0.443. The minimum absolute atomic E-state index is 0.147. The average molecular weight is 371 g/mol. The van der Waals surface area contributed by atoms with Gasteiger partial charge in [-0.25, -0.2) is 4.98 Å². The second-order valence-electron chi connectivity index (χ2n) is 5.96. The molecule has 1 unspecified atom stereocenters. The molecule has 1 aromatic carbocycles. The number of rotatable bonds is 7. The van der Waals surface area contributed by atoms with Crippen LogP contribution in [0.1, 0.15) is 36.8 Å². The van der Waals surface area contributed by atoms with E-state index in [-0.39, 0.29) is 23.8 Å². The highest BCUT2D eigenvalue weighted by atomic mass is 32.2. The van der Waals surface area contributed by atoms with Gasteiger partial charge in [-0.05, 0) is 24.1 Å². The second kappa shape index (κ2) is 8.23. The zero-order chi connectivity index (χ0) is 18.5. The Balaban J connectivity index is 1.94. The van der Waals surface area contributed by atoms with Crippen LogP contribution in [0.3, 0.4) is 0 Å². The van der Waals surface area contributed by atoms with Gasteiger partial charge in [-0.1, -0.05) is 36.9 Å². The number of fused-ring (bicyclic) bond motifs is 1. The average Bonchev–Trinajstić information content (AvgIpc) is 2.64. The van der Waals surface area contributed by atoms with Gasteiger partial charge in [-0.3, -0.25) is 9.59 Å². The first-order valence-electron chi connectivity index (χ1n) is 8.53. The van der Waals surface area contributed by atoms with Gasteiger partial charge < -0.3 is 15.0 Å². The molecule has 1 aliphatic heterocycles. The third kappa shape index (κ3) is 3.99. The standard InChI is InChI=1S/C19H21N3O3S/c1-3-9-25-13-7-5-12(6-8-13)14-11-15(23)20-17-16(14)18(24)22-19(21-17)26-10-4-2/h4-8,14H,2-3,9-11H2,1H3,(H2,20,21,22,23,24). The van der Waals surface area contributed by atoms with Gasteiger partial charge in [-0.2, -0.15) is 0 Å². The van der Waals surface area contributed by atoms with Gasteiger partial charge in [0.25, 0.3) is 5.56 Å². The zero-order valence-corrected chi connectivity index (χ0v) is 15.4. The number of H-pyrrole nitrogens is 1. The van der Waals surface area contributed by atoms with Crippen molar-refractivity contribution in [3.8, 4) is 5.75 Å². The van der Waals surface area contributed by atoms with Crippen molar-refractivity contribution in [1.29, 1.82) is 0 Å². The number of anilines is 1. The molecule has 1 atom stereocenters. The zero-order valence-electron chi connectivity index (χ0n) is 14.6. The van der Waals surface area contributed by atoms with E-state index in [9.17, 15) is 9.59 Å². The van der Waals surface area contributed by atoms with Crippen molar-refractivity contribution >= 4 is 23.5 Å². The summed E-state index contributed by atoms with van der Waals surface area (Å²) in [6.45, 7) is 6.36. The van der Waals surface area contributed by atoms with E-state index in [2.05, 4.69) is 21.9 Å². The number of hydrogen-bond donors (Lipinski definition) is 2. The number of benzene rings is 1. The van der Waals surface area contributed by atoms with E-state index in [0.29, 0.717) is 28.9 Å². The Morgan fingerprint density at radius 1 is 1.35 bits per heavy atom. The topological polar surface area (TPSA) is 84.1 Å². The van der Waals surface area contributed by atoms with Crippen LogP contribution in [-0.2, 0) is 4.79 Å². The maximum Gasteiger partial charge on any atom is 0.257 e. The van der Waals surface area contributed by atoms with Crippen molar-refractivity contribution in [2.75, 3.05) is 17.7 Å².